The van der Waals surface area contributed by atoms with Crippen LogP contribution < -0.4 is 0 Å². The van der Waals surface area contributed by atoms with Gasteiger partial charge in [0.1, 0.15) is 5.84 Å². The summed E-state index contributed by atoms with van der Waals surface area (Å²) in [5.74, 6) is 0.774. The number of hydrogen-bond acceptors (Lipinski definition) is 4. The summed E-state index contributed by atoms with van der Waals surface area (Å²) in [5.41, 5.74) is 0. The van der Waals surface area contributed by atoms with E-state index in [4.69, 9.17) is 21.0 Å². The zero-order valence-corrected chi connectivity index (χ0v) is 10.5. The standard InChI is InChI=1S/C7H17N2O2PS/c1-6-10-12(5,13)11-8-7(2)9(3)4/h6H2,1-5H3/b8-7+. The molecule has 1 unspecified atom stereocenters. The molecule has 0 bridgehead atoms. The van der Waals surface area contributed by atoms with Crippen molar-refractivity contribution in [1.29, 1.82) is 0 Å². The van der Waals surface area contributed by atoms with Crippen molar-refractivity contribution in [3.8, 4) is 0 Å². The van der Waals surface area contributed by atoms with E-state index in [1.165, 1.54) is 0 Å². The third-order valence-electron chi connectivity index (χ3n) is 1.33. The summed E-state index contributed by atoms with van der Waals surface area (Å²) >= 11 is 5.09. The average molecular weight is 224 g/mol. The molecule has 0 radical (unpaired) electrons. The molecule has 0 spiro atoms. The van der Waals surface area contributed by atoms with Crippen molar-refractivity contribution in [3.05, 3.63) is 0 Å². The lowest BCUT2D eigenvalue weighted by atomic mass is 10.6. The fourth-order valence-electron chi connectivity index (χ4n) is 0.473. The van der Waals surface area contributed by atoms with Gasteiger partial charge in [-0.25, -0.2) is 0 Å². The first kappa shape index (κ1) is 12.9. The highest BCUT2D eigenvalue weighted by Gasteiger charge is 2.10. The van der Waals surface area contributed by atoms with Gasteiger partial charge in [-0.15, -0.1) is 0 Å². The van der Waals surface area contributed by atoms with Crippen molar-refractivity contribution in [2.24, 2.45) is 5.16 Å². The van der Waals surface area contributed by atoms with Crippen LogP contribution in [0.15, 0.2) is 5.16 Å². The van der Waals surface area contributed by atoms with Crippen LogP contribution in [0, 0.1) is 0 Å². The Kier molecular flexibility index (Phi) is 5.53. The van der Waals surface area contributed by atoms with Gasteiger partial charge >= 0.3 is 0 Å². The molecule has 6 heteroatoms. The van der Waals surface area contributed by atoms with E-state index in [-0.39, 0.29) is 0 Å². The van der Waals surface area contributed by atoms with E-state index in [0.717, 1.165) is 5.84 Å². The molecule has 4 nitrogen and oxygen atoms in total. The molecular weight excluding hydrogens is 207 g/mol. The summed E-state index contributed by atoms with van der Waals surface area (Å²) in [7, 11) is 3.78. The van der Waals surface area contributed by atoms with Crippen molar-refractivity contribution in [2.75, 3.05) is 27.4 Å². The average Bonchev–Trinajstić information content (AvgIpc) is 2.00. The Labute approximate surface area is 85.1 Å². The van der Waals surface area contributed by atoms with Crippen LogP contribution in [-0.2, 0) is 21.0 Å². The molecule has 0 aliphatic rings. The Morgan fingerprint density at radius 1 is 1.54 bits per heavy atom. The predicted octanol–water partition coefficient (Wildman–Crippen LogP) is 1.87. The molecule has 78 valence electrons. The molecule has 0 N–H and O–H groups in total. The topological polar surface area (TPSA) is 34.1 Å². The largest absolute Gasteiger partial charge is 0.364 e. The first-order chi connectivity index (χ1) is 5.89. The van der Waals surface area contributed by atoms with Crippen molar-refractivity contribution in [3.63, 3.8) is 0 Å². The van der Waals surface area contributed by atoms with E-state index in [1.807, 2.05) is 32.8 Å². The lowest BCUT2D eigenvalue weighted by Crippen LogP contribution is -2.18. The van der Waals surface area contributed by atoms with E-state index in [2.05, 4.69) is 5.16 Å². The number of hydrogen-bond donors (Lipinski definition) is 0. The fraction of sp³-hybridized carbons (Fsp3) is 0.857. The summed E-state index contributed by atoms with van der Waals surface area (Å²) in [4.78, 5) is 1.85. The van der Waals surface area contributed by atoms with Crippen molar-refractivity contribution < 1.29 is 9.15 Å². The molecule has 0 saturated carbocycles. The maximum Gasteiger partial charge on any atom is 0.262 e. The van der Waals surface area contributed by atoms with Crippen LogP contribution in [0.1, 0.15) is 13.8 Å². The van der Waals surface area contributed by atoms with E-state index < -0.39 is 6.49 Å². The zero-order valence-electron chi connectivity index (χ0n) is 8.77. The maximum absolute atomic E-state index is 5.24. The monoisotopic (exact) mass is 224 g/mol. The Morgan fingerprint density at radius 3 is 2.46 bits per heavy atom. The molecule has 0 fully saturated rings. The number of nitrogens with zero attached hydrogens (tertiary/aromatic N) is 2. The number of oxime groups is 1. The lowest BCUT2D eigenvalue weighted by Gasteiger charge is -2.15. The highest BCUT2D eigenvalue weighted by molar-refractivity contribution is 8.09. The van der Waals surface area contributed by atoms with Gasteiger partial charge < -0.3 is 14.0 Å². The minimum atomic E-state index is -2.17. The summed E-state index contributed by atoms with van der Waals surface area (Å²) in [6.45, 7) is 3.89. The molecule has 13 heavy (non-hydrogen) atoms. The van der Waals surface area contributed by atoms with Crippen LogP contribution in [0.4, 0.5) is 0 Å². The third-order valence-corrected chi connectivity index (χ3v) is 2.95. The summed E-state index contributed by atoms with van der Waals surface area (Å²) in [6, 6.07) is 0. The normalized spacial score (nSPS) is 16.5. The molecule has 0 aliphatic carbocycles. The lowest BCUT2D eigenvalue weighted by molar-refractivity contribution is 0.267. The molecule has 0 aliphatic heterocycles. The Bertz CT molecular complexity index is 231. The van der Waals surface area contributed by atoms with Gasteiger partial charge in [0.25, 0.3) is 6.49 Å². The quantitative estimate of drug-likeness (QED) is 0.316. The molecule has 0 aromatic rings. The first-order valence-corrected chi connectivity index (χ1v) is 7.10. The highest BCUT2D eigenvalue weighted by Crippen LogP contribution is 2.44. The van der Waals surface area contributed by atoms with Crippen LogP contribution in [-0.4, -0.2) is 38.1 Å². The Hall–Kier alpha value is -0.120. The second-order valence-electron chi connectivity index (χ2n) is 2.80. The minimum absolute atomic E-state index is 0.560. The molecule has 0 heterocycles. The highest BCUT2D eigenvalue weighted by atomic mass is 32.5. The maximum atomic E-state index is 5.24. The van der Waals surface area contributed by atoms with Gasteiger partial charge in [0, 0.05) is 20.8 Å². The van der Waals surface area contributed by atoms with Gasteiger partial charge in [0.2, 0.25) is 0 Å². The van der Waals surface area contributed by atoms with Crippen LogP contribution in [0.25, 0.3) is 0 Å². The molecule has 0 saturated heterocycles. The van der Waals surface area contributed by atoms with Crippen molar-refractivity contribution in [1.82, 2.24) is 4.90 Å². The summed E-state index contributed by atoms with van der Waals surface area (Å²) in [5, 5.41) is 3.88. The SMILES string of the molecule is CCOP(C)(=S)O/N=C(\C)N(C)C. The smallest absolute Gasteiger partial charge is 0.262 e. The van der Waals surface area contributed by atoms with Crippen LogP contribution in [0.5, 0.6) is 0 Å². The van der Waals surface area contributed by atoms with E-state index >= 15 is 0 Å². The van der Waals surface area contributed by atoms with Gasteiger partial charge in [0.05, 0.1) is 6.61 Å². The Balaban J connectivity index is 4.14. The zero-order chi connectivity index (χ0) is 10.5. The van der Waals surface area contributed by atoms with Gasteiger partial charge in [0.15, 0.2) is 0 Å². The molecule has 0 aromatic carbocycles. The molecular formula is C7H17N2O2PS. The van der Waals surface area contributed by atoms with Crippen molar-refractivity contribution >= 4 is 24.1 Å². The van der Waals surface area contributed by atoms with Gasteiger partial charge in [-0.05, 0) is 25.7 Å². The number of rotatable bonds is 4. The van der Waals surface area contributed by atoms with Gasteiger partial charge in [-0.1, -0.05) is 5.16 Å². The van der Waals surface area contributed by atoms with E-state index in [9.17, 15) is 0 Å². The summed E-state index contributed by atoms with van der Waals surface area (Å²) in [6.07, 6.45) is 0. The van der Waals surface area contributed by atoms with Gasteiger partial charge in [-0.3, -0.25) is 0 Å². The van der Waals surface area contributed by atoms with E-state index in [1.54, 1.807) is 6.66 Å². The summed E-state index contributed by atoms with van der Waals surface area (Å²) < 4.78 is 10.4. The van der Waals surface area contributed by atoms with Crippen LogP contribution in [0.2, 0.25) is 0 Å². The first-order valence-electron chi connectivity index (χ1n) is 4.01. The van der Waals surface area contributed by atoms with Crippen LogP contribution >= 0.6 is 6.49 Å². The number of amidine groups is 1. The molecule has 0 aromatic heterocycles. The third kappa shape index (κ3) is 6.02. The van der Waals surface area contributed by atoms with Gasteiger partial charge in [-0.2, -0.15) is 0 Å². The molecule has 1 atom stereocenters. The fourth-order valence-corrected chi connectivity index (χ4v) is 1.67. The predicted molar refractivity (Wildman–Crippen MR) is 59.7 cm³/mol. The Morgan fingerprint density at radius 2 is 2.08 bits per heavy atom. The van der Waals surface area contributed by atoms with Crippen molar-refractivity contribution in [2.45, 2.75) is 13.8 Å². The molecule has 0 rings (SSSR count). The van der Waals surface area contributed by atoms with E-state index in [0.29, 0.717) is 6.61 Å². The second kappa shape index (κ2) is 5.58. The minimum Gasteiger partial charge on any atom is -0.364 e. The van der Waals surface area contributed by atoms with Crippen LogP contribution in [0.3, 0.4) is 0 Å². The second-order valence-corrected chi connectivity index (χ2v) is 6.76. The molecule has 0 amide bonds.